The highest BCUT2D eigenvalue weighted by molar-refractivity contribution is 7.86. The van der Waals surface area contributed by atoms with E-state index in [2.05, 4.69) is 0 Å². The third-order valence-electron chi connectivity index (χ3n) is 3.74. The van der Waals surface area contributed by atoms with Gasteiger partial charge in [0.1, 0.15) is 0 Å². The van der Waals surface area contributed by atoms with Crippen molar-refractivity contribution >= 4 is 22.6 Å². The topological polar surface area (TPSA) is 75.9 Å². The number of ether oxygens (including phenoxy) is 1. The Labute approximate surface area is 121 Å². The molecule has 6 nitrogen and oxygen atoms in total. The van der Waals surface area contributed by atoms with Gasteiger partial charge in [0.05, 0.1) is 12.7 Å². The van der Waals surface area contributed by atoms with Crippen LogP contribution in [0.4, 0.5) is 0 Å². The number of morpholine rings is 1. The summed E-state index contributed by atoms with van der Waals surface area (Å²) in [5.41, 5.74) is 5.66. The first kappa shape index (κ1) is 17.1. The van der Waals surface area contributed by atoms with Crippen molar-refractivity contribution in [2.24, 2.45) is 5.73 Å². The van der Waals surface area contributed by atoms with E-state index in [1.54, 1.807) is 8.61 Å². The van der Waals surface area contributed by atoms with E-state index in [0.717, 1.165) is 12.8 Å². The average molecular weight is 314 g/mol. The third kappa shape index (κ3) is 3.40. The maximum Gasteiger partial charge on any atom is 0.282 e. The van der Waals surface area contributed by atoms with Crippen LogP contribution in [-0.2, 0) is 14.9 Å². The van der Waals surface area contributed by atoms with Crippen LogP contribution in [-0.4, -0.2) is 61.5 Å². The summed E-state index contributed by atoms with van der Waals surface area (Å²) in [5, 5.41) is 0. The summed E-state index contributed by atoms with van der Waals surface area (Å²) in [7, 11) is -3.40. The second-order valence-corrected chi connectivity index (χ2v) is 7.05. The lowest BCUT2D eigenvalue weighted by atomic mass is 10.2. The van der Waals surface area contributed by atoms with Gasteiger partial charge >= 0.3 is 0 Å². The van der Waals surface area contributed by atoms with Gasteiger partial charge in [0, 0.05) is 31.7 Å². The first-order chi connectivity index (χ1) is 8.46. The zero-order valence-electron chi connectivity index (χ0n) is 11.5. The predicted molar refractivity (Wildman–Crippen MR) is 76.5 cm³/mol. The molecule has 2 N–H and O–H groups in total. The van der Waals surface area contributed by atoms with Crippen molar-refractivity contribution < 1.29 is 13.2 Å². The molecule has 0 bridgehead atoms. The van der Waals surface area contributed by atoms with E-state index in [4.69, 9.17) is 10.5 Å². The van der Waals surface area contributed by atoms with Crippen LogP contribution in [0.2, 0.25) is 0 Å². The van der Waals surface area contributed by atoms with E-state index in [9.17, 15) is 8.42 Å². The molecule has 0 aromatic rings. The van der Waals surface area contributed by atoms with E-state index in [1.165, 1.54) is 0 Å². The largest absolute Gasteiger partial charge is 0.375 e. The SMILES string of the molecule is CC1CN(S(=O)(=O)N2CCCC2CN)C(C)CO1.Cl. The molecule has 0 spiro atoms. The molecule has 0 aliphatic carbocycles. The molecule has 2 aliphatic heterocycles. The Morgan fingerprint density at radius 3 is 2.63 bits per heavy atom. The van der Waals surface area contributed by atoms with Gasteiger partial charge in [-0.25, -0.2) is 0 Å². The summed E-state index contributed by atoms with van der Waals surface area (Å²) in [6, 6.07) is -0.148. The van der Waals surface area contributed by atoms with Crippen LogP contribution in [0, 0.1) is 0 Å². The van der Waals surface area contributed by atoms with E-state index in [0.29, 0.717) is 26.2 Å². The maximum absolute atomic E-state index is 12.7. The van der Waals surface area contributed by atoms with Crippen LogP contribution in [0.5, 0.6) is 0 Å². The Balaban J connectivity index is 0.00000180. The van der Waals surface area contributed by atoms with Crippen molar-refractivity contribution in [3.8, 4) is 0 Å². The van der Waals surface area contributed by atoms with Crippen LogP contribution in [0.1, 0.15) is 26.7 Å². The fourth-order valence-electron chi connectivity index (χ4n) is 2.68. The first-order valence-electron chi connectivity index (χ1n) is 6.57. The van der Waals surface area contributed by atoms with Gasteiger partial charge in [-0.1, -0.05) is 0 Å². The summed E-state index contributed by atoms with van der Waals surface area (Å²) in [5.74, 6) is 0. The highest BCUT2D eigenvalue weighted by Crippen LogP contribution is 2.25. The molecule has 3 atom stereocenters. The lowest BCUT2D eigenvalue weighted by Gasteiger charge is -2.39. The molecular formula is C11H24ClN3O3S. The van der Waals surface area contributed by atoms with Gasteiger partial charge in [-0.05, 0) is 26.7 Å². The van der Waals surface area contributed by atoms with Gasteiger partial charge in [0.2, 0.25) is 0 Å². The maximum atomic E-state index is 12.7. The Kier molecular flexibility index (Phi) is 6.03. The van der Waals surface area contributed by atoms with Gasteiger partial charge in [-0.15, -0.1) is 12.4 Å². The molecule has 0 aromatic heterocycles. The zero-order chi connectivity index (χ0) is 13.3. The molecule has 114 valence electrons. The molecule has 2 aliphatic rings. The Bertz CT molecular complexity index is 393. The number of nitrogens with zero attached hydrogens (tertiary/aromatic N) is 2. The Hall–Kier alpha value is 0.0800. The van der Waals surface area contributed by atoms with Crippen LogP contribution in [0.25, 0.3) is 0 Å². The standard InChI is InChI=1S/C11H23N3O3S.ClH/c1-9-8-17-10(2)7-14(9)18(15,16)13-5-3-4-11(13)6-12;/h9-11H,3-8,12H2,1-2H3;1H. The molecule has 0 radical (unpaired) electrons. The summed E-state index contributed by atoms with van der Waals surface area (Å²) in [6.07, 6.45) is 1.72. The molecule has 8 heteroatoms. The van der Waals surface area contributed by atoms with Gasteiger partial charge in [-0.3, -0.25) is 0 Å². The van der Waals surface area contributed by atoms with Crippen molar-refractivity contribution in [2.75, 3.05) is 26.2 Å². The van der Waals surface area contributed by atoms with E-state index in [-0.39, 0.29) is 30.6 Å². The van der Waals surface area contributed by atoms with E-state index >= 15 is 0 Å². The quantitative estimate of drug-likeness (QED) is 0.807. The minimum Gasteiger partial charge on any atom is -0.375 e. The highest BCUT2D eigenvalue weighted by atomic mass is 35.5. The minimum atomic E-state index is -3.40. The van der Waals surface area contributed by atoms with Crippen molar-refractivity contribution in [1.82, 2.24) is 8.61 Å². The average Bonchev–Trinajstić information content (AvgIpc) is 2.81. The predicted octanol–water partition coefficient (Wildman–Crippen LogP) is 0.185. The van der Waals surface area contributed by atoms with Crippen LogP contribution in [0.15, 0.2) is 0 Å². The molecular weight excluding hydrogens is 290 g/mol. The fraction of sp³-hybridized carbons (Fsp3) is 1.00. The molecule has 0 saturated carbocycles. The van der Waals surface area contributed by atoms with Crippen molar-refractivity contribution in [3.05, 3.63) is 0 Å². The second-order valence-electron chi connectivity index (χ2n) is 5.21. The smallest absolute Gasteiger partial charge is 0.282 e. The lowest BCUT2D eigenvalue weighted by Crippen LogP contribution is -2.56. The van der Waals surface area contributed by atoms with Gasteiger partial charge in [0.25, 0.3) is 10.2 Å². The number of nitrogens with two attached hydrogens (primary N) is 1. The molecule has 2 fully saturated rings. The fourth-order valence-corrected chi connectivity index (χ4v) is 4.79. The lowest BCUT2D eigenvalue weighted by molar-refractivity contribution is -0.0191. The summed E-state index contributed by atoms with van der Waals surface area (Å²) in [6.45, 7) is 5.66. The van der Waals surface area contributed by atoms with Crippen molar-refractivity contribution in [3.63, 3.8) is 0 Å². The van der Waals surface area contributed by atoms with E-state index in [1.807, 2.05) is 13.8 Å². The molecule has 19 heavy (non-hydrogen) atoms. The van der Waals surface area contributed by atoms with Crippen molar-refractivity contribution in [2.45, 2.75) is 44.9 Å². The van der Waals surface area contributed by atoms with Crippen LogP contribution >= 0.6 is 12.4 Å². The Morgan fingerprint density at radius 2 is 2.00 bits per heavy atom. The molecule has 3 unspecified atom stereocenters. The van der Waals surface area contributed by atoms with Crippen LogP contribution < -0.4 is 5.73 Å². The van der Waals surface area contributed by atoms with Crippen molar-refractivity contribution in [1.29, 1.82) is 0 Å². The third-order valence-corrected chi connectivity index (χ3v) is 5.91. The Morgan fingerprint density at radius 1 is 1.32 bits per heavy atom. The molecule has 0 aromatic carbocycles. The number of halogens is 1. The molecule has 2 rings (SSSR count). The summed E-state index contributed by atoms with van der Waals surface area (Å²) >= 11 is 0. The van der Waals surface area contributed by atoms with E-state index < -0.39 is 10.2 Å². The minimum absolute atomic E-state index is 0. The molecule has 2 heterocycles. The summed E-state index contributed by atoms with van der Waals surface area (Å²) in [4.78, 5) is 0. The van der Waals surface area contributed by atoms with Gasteiger partial charge in [-0.2, -0.15) is 17.0 Å². The first-order valence-corrected chi connectivity index (χ1v) is 7.96. The number of hydrogen-bond donors (Lipinski definition) is 1. The van der Waals surface area contributed by atoms with Gasteiger partial charge < -0.3 is 10.5 Å². The summed E-state index contributed by atoms with van der Waals surface area (Å²) < 4.78 is 33.9. The molecule has 0 amide bonds. The second kappa shape index (κ2) is 6.69. The monoisotopic (exact) mass is 313 g/mol. The highest BCUT2D eigenvalue weighted by Gasteiger charge is 2.41. The zero-order valence-corrected chi connectivity index (χ0v) is 13.1. The normalized spacial score (nSPS) is 34.2. The van der Waals surface area contributed by atoms with Gasteiger partial charge in [0.15, 0.2) is 0 Å². The number of rotatable bonds is 3. The number of hydrogen-bond acceptors (Lipinski definition) is 4. The molecule has 2 saturated heterocycles. The van der Waals surface area contributed by atoms with Crippen LogP contribution in [0.3, 0.4) is 0 Å².